The summed E-state index contributed by atoms with van der Waals surface area (Å²) in [5.74, 6) is -0.0813. The molecule has 2 aliphatic rings. The zero-order valence-corrected chi connectivity index (χ0v) is 15.3. The lowest BCUT2D eigenvalue weighted by Gasteiger charge is -2.30. The van der Waals surface area contributed by atoms with Crippen LogP contribution in [-0.4, -0.2) is 34.7 Å². The van der Waals surface area contributed by atoms with Crippen molar-refractivity contribution < 1.29 is 9.59 Å². The van der Waals surface area contributed by atoms with Crippen molar-refractivity contribution in [3.63, 3.8) is 0 Å². The predicted molar refractivity (Wildman–Crippen MR) is 101 cm³/mol. The molecule has 134 valence electrons. The van der Waals surface area contributed by atoms with Gasteiger partial charge in [0.15, 0.2) is 0 Å². The summed E-state index contributed by atoms with van der Waals surface area (Å²) in [5, 5.41) is 0.680. The lowest BCUT2D eigenvalue weighted by molar-refractivity contribution is -0.136. The molecule has 1 unspecified atom stereocenters. The normalized spacial score (nSPS) is 19.6. The Morgan fingerprint density at radius 1 is 1.08 bits per heavy atom. The monoisotopic (exact) mass is 368 g/mol. The molecule has 1 atom stereocenters. The molecule has 0 radical (unpaired) electrons. The Morgan fingerprint density at radius 3 is 2.58 bits per heavy atom. The number of carbonyl (C=O) groups excluding carboxylic acids is 2. The topological polar surface area (TPSA) is 40.6 Å². The Labute approximate surface area is 158 Å². The molecule has 0 saturated carbocycles. The third kappa shape index (κ3) is 3.47. The molecule has 0 N–H and O–H groups in total. The van der Waals surface area contributed by atoms with E-state index in [0.717, 1.165) is 18.5 Å². The van der Waals surface area contributed by atoms with E-state index < -0.39 is 0 Å². The summed E-state index contributed by atoms with van der Waals surface area (Å²) in [6.45, 7) is 2.41. The van der Waals surface area contributed by atoms with Crippen LogP contribution in [0.4, 0.5) is 0 Å². The van der Waals surface area contributed by atoms with E-state index >= 15 is 0 Å². The minimum Gasteiger partial charge on any atom is -0.338 e. The third-order valence-electron chi connectivity index (χ3n) is 5.29. The fourth-order valence-corrected chi connectivity index (χ4v) is 3.97. The molecule has 2 aromatic rings. The van der Waals surface area contributed by atoms with Crippen LogP contribution in [0.1, 0.15) is 23.1 Å². The largest absolute Gasteiger partial charge is 0.338 e. The fraction of sp³-hybridized carbons (Fsp3) is 0.333. The number of halogens is 1. The molecule has 1 saturated heterocycles. The van der Waals surface area contributed by atoms with Crippen molar-refractivity contribution >= 4 is 23.4 Å². The molecule has 0 spiro atoms. The van der Waals surface area contributed by atoms with Gasteiger partial charge in [-0.3, -0.25) is 9.59 Å². The van der Waals surface area contributed by atoms with Gasteiger partial charge in [-0.15, -0.1) is 0 Å². The highest BCUT2D eigenvalue weighted by atomic mass is 35.5. The van der Waals surface area contributed by atoms with Crippen molar-refractivity contribution in [2.45, 2.75) is 25.9 Å². The van der Waals surface area contributed by atoms with Gasteiger partial charge < -0.3 is 9.80 Å². The number of hydrogen-bond acceptors (Lipinski definition) is 2. The SMILES string of the molecule is O=C1CC(C(=O)N2CCc3ccccc3C2)CN1Cc1ccc(Cl)cc1. The zero-order valence-electron chi connectivity index (χ0n) is 14.5. The van der Waals surface area contributed by atoms with E-state index in [2.05, 4.69) is 12.1 Å². The van der Waals surface area contributed by atoms with Gasteiger partial charge in [-0.1, -0.05) is 48.0 Å². The molecular formula is C21H21ClN2O2. The summed E-state index contributed by atoms with van der Waals surface area (Å²) in [7, 11) is 0. The van der Waals surface area contributed by atoms with Gasteiger partial charge in [-0.05, 0) is 35.2 Å². The van der Waals surface area contributed by atoms with Crippen molar-refractivity contribution in [2.75, 3.05) is 13.1 Å². The maximum absolute atomic E-state index is 12.9. The number of hydrogen-bond donors (Lipinski definition) is 0. The first-order valence-electron chi connectivity index (χ1n) is 8.98. The third-order valence-corrected chi connectivity index (χ3v) is 5.54. The molecule has 2 heterocycles. The van der Waals surface area contributed by atoms with Gasteiger partial charge in [-0.2, -0.15) is 0 Å². The Hall–Kier alpha value is -2.33. The second kappa shape index (κ2) is 7.12. The average Bonchev–Trinajstić information content (AvgIpc) is 3.03. The van der Waals surface area contributed by atoms with E-state index in [1.165, 1.54) is 11.1 Å². The van der Waals surface area contributed by atoms with Gasteiger partial charge in [-0.25, -0.2) is 0 Å². The number of carbonyl (C=O) groups is 2. The highest BCUT2D eigenvalue weighted by molar-refractivity contribution is 6.30. The van der Waals surface area contributed by atoms with Crippen LogP contribution >= 0.6 is 11.6 Å². The first-order chi connectivity index (χ1) is 12.6. The molecule has 0 bridgehead atoms. The Morgan fingerprint density at radius 2 is 1.81 bits per heavy atom. The van der Waals surface area contributed by atoms with Gasteiger partial charge in [0.25, 0.3) is 0 Å². The smallest absolute Gasteiger partial charge is 0.228 e. The average molecular weight is 369 g/mol. The van der Waals surface area contributed by atoms with Crippen molar-refractivity contribution in [3.8, 4) is 0 Å². The summed E-state index contributed by atoms with van der Waals surface area (Å²) < 4.78 is 0. The standard InChI is InChI=1S/C21H21ClN2O2/c22-19-7-5-15(6-8-19)12-24-14-18(11-20(24)25)21(26)23-10-9-16-3-1-2-4-17(16)13-23/h1-8,18H,9-14H2. The maximum atomic E-state index is 12.9. The van der Waals surface area contributed by atoms with Gasteiger partial charge >= 0.3 is 0 Å². The van der Waals surface area contributed by atoms with E-state index in [4.69, 9.17) is 11.6 Å². The van der Waals surface area contributed by atoms with E-state index in [-0.39, 0.29) is 17.7 Å². The minimum absolute atomic E-state index is 0.0516. The van der Waals surface area contributed by atoms with Crippen molar-refractivity contribution in [1.82, 2.24) is 9.80 Å². The Kier molecular flexibility index (Phi) is 4.68. The number of nitrogens with zero attached hydrogens (tertiary/aromatic N) is 2. The molecule has 2 aromatic carbocycles. The van der Waals surface area contributed by atoms with E-state index in [1.54, 1.807) is 4.90 Å². The quantitative estimate of drug-likeness (QED) is 0.834. The predicted octanol–water partition coefficient (Wildman–Crippen LogP) is 3.27. The van der Waals surface area contributed by atoms with Gasteiger partial charge in [0.2, 0.25) is 11.8 Å². The molecule has 1 fully saturated rings. The van der Waals surface area contributed by atoms with E-state index in [1.807, 2.05) is 41.3 Å². The molecule has 5 heteroatoms. The second-order valence-electron chi connectivity index (χ2n) is 7.08. The first kappa shape index (κ1) is 17.1. The van der Waals surface area contributed by atoms with Crippen LogP contribution < -0.4 is 0 Å². The zero-order chi connectivity index (χ0) is 18.1. The molecular weight excluding hydrogens is 348 g/mol. The highest BCUT2D eigenvalue weighted by Gasteiger charge is 2.37. The molecule has 4 nitrogen and oxygen atoms in total. The highest BCUT2D eigenvalue weighted by Crippen LogP contribution is 2.26. The van der Waals surface area contributed by atoms with Crippen LogP contribution in [0.25, 0.3) is 0 Å². The second-order valence-corrected chi connectivity index (χ2v) is 7.52. The molecule has 2 aliphatic heterocycles. The molecule has 4 rings (SSSR count). The van der Waals surface area contributed by atoms with Crippen LogP contribution in [0.2, 0.25) is 5.02 Å². The van der Waals surface area contributed by atoms with Gasteiger partial charge in [0, 0.05) is 37.6 Å². The summed E-state index contributed by atoms with van der Waals surface area (Å²) in [6, 6.07) is 15.8. The molecule has 0 aliphatic carbocycles. The number of fused-ring (bicyclic) bond motifs is 1. The van der Waals surface area contributed by atoms with E-state index in [0.29, 0.717) is 31.1 Å². The fourth-order valence-electron chi connectivity index (χ4n) is 3.84. The van der Waals surface area contributed by atoms with Gasteiger partial charge in [0.1, 0.15) is 0 Å². The van der Waals surface area contributed by atoms with Crippen LogP contribution in [-0.2, 0) is 29.1 Å². The molecule has 0 aromatic heterocycles. The van der Waals surface area contributed by atoms with E-state index in [9.17, 15) is 9.59 Å². The molecule has 2 amide bonds. The number of likely N-dealkylation sites (tertiary alicyclic amines) is 1. The Balaban J connectivity index is 1.40. The first-order valence-corrected chi connectivity index (χ1v) is 9.36. The number of benzene rings is 2. The van der Waals surface area contributed by atoms with Gasteiger partial charge in [0.05, 0.1) is 5.92 Å². The van der Waals surface area contributed by atoms with Crippen molar-refractivity contribution in [1.29, 1.82) is 0 Å². The van der Waals surface area contributed by atoms with Crippen LogP contribution in [0.3, 0.4) is 0 Å². The molecule has 26 heavy (non-hydrogen) atoms. The number of amides is 2. The lowest BCUT2D eigenvalue weighted by atomic mass is 9.98. The Bertz CT molecular complexity index is 834. The van der Waals surface area contributed by atoms with Crippen molar-refractivity contribution in [3.05, 3.63) is 70.2 Å². The lowest BCUT2D eigenvalue weighted by Crippen LogP contribution is -2.40. The number of rotatable bonds is 3. The van der Waals surface area contributed by atoms with Crippen LogP contribution in [0.15, 0.2) is 48.5 Å². The maximum Gasteiger partial charge on any atom is 0.228 e. The minimum atomic E-state index is -0.236. The summed E-state index contributed by atoms with van der Waals surface area (Å²) in [5.41, 5.74) is 3.57. The van der Waals surface area contributed by atoms with Crippen LogP contribution in [0, 0.1) is 5.92 Å². The summed E-state index contributed by atoms with van der Waals surface area (Å²) >= 11 is 5.91. The van der Waals surface area contributed by atoms with Crippen molar-refractivity contribution in [2.24, 2.45) is 5.92 Å². The summed E-state index contributed by atoms with van der Waals surface area (Å²) in [4.78, 5) is 29.0. The summed E-state index contributed by atoms with van der Waals surface area (Å²) in [6.07, 6.45) is 1.20. The van der Waals surface area contributed by atoms with Crippen LogP contribution in [0.5, 0.6) is 0 Å².